The van der Waals surface area contributed by atoms with Crippen LogP contribution < -0.4 is 10.1 Å². The van der Waals surface area contributed by atoms with E-state index in [0.29, 0.717) is 16.7 Å². The normalized spacial score (nSPS) is 11.3. The summed E-state index contributed by atoms with van der Waals surface area (Å²) in [6.45, 7) is 1.52. The molecule has 31 heavy (non-hydrogen) atoms. The van der Waals surface area contributed by atoms with Crippen LogP contribution in [0.4, 0.5) is 23.2 Å². The largest absolute Gasteiger partial charge is 0.456 e. The van der Waals surface area contributed by atoms with Crippen LogP contribution in [0, 0.1) is 12.7 Å². The van der Waals surface area contributed by atoms with E-state index in [1.54, 1.807) is 12.3 Å². The molecular formula is C20H14ClF4N3O2S. The summed E-state index contributed by atoms with van der Waals surface area (Å²) >= 11 is 7.10. The van der Waals surface area contributed by atoms with Crippen molar-refractivity contribution in [1.29, 1.82) is 0 Å². The van der Waals surface area contributed by atoms with Gasteiger partial charge in [-0.25, -0.2) is 4.39 Å². The highest BCUT2D eigenvalue weighted by Crippen LogP contribution is 2.40. The standard InChI is InChI=1S/C20H14ClF4N3O2S/c1-10-5-11(22)3-4-16(10)30-17-8-14(20(23,24)25)15(21)7-13(17)19(29)27-12-6-18(31-2)28-26-9-12/h3-9H,1-2H3,(H,27,28,29). The zero-order valence-electron chi connectivity index (χ0n) is 16.1. The van der Waals surface area contributed by atoms with E-state index < -0.39 is 34.2 Å². The van der Waals surface area contributed by atoms with Crippen LogP contribution in [-0.2, 0) is 6.18 Å². The quantitative estimate of drug-likeness (QED) is 0.346. The van der Waals surface area contributed by atoms with Gasteiger partial charge in [0.25, 0.3) is 5.91 Å². The molecule has 0 fully saturated rings. The molecule has 11 heteroatoms. The molecule has 0 radical (unpaired) electrons. The van der Waals surface area contributed by atoms with Gasteiger partial charge in [0, 0.05) is 0 Å². The van der Waals surface area contributed by atoms with Crippen LogP contribution in [0.25, 0.3) is 0 Å². The number of thioether (sulfide) groups is 1. The van der Waals surface area contributed by atoms with E-state index in [1.165, 1.54) is 30.9 Å². The van der Waals surface area contributed by atoms with Crippen molar-refractivity contribution < 1.29 is 27.1 Å². The summed E-state index contributed by atoms with van der Waals surface area (Å²) in [6.07, 6.45) is -1.72. The number of benzene rings is 2. The first-order valence-electron chi connectivity index (χ1n) is 8.61. The molecule has 0 saturated heterocycles. The molecule has 5 nitrogen and oxygen atoms in total. The number of amides is 1. The molecule has 1 N–H and O–H groups in total. The van der Waals surface area contributed by atoms with Gasteiger partial charge in [-0.3, -0.25) is 4.79 Å². The molecule has 0 spiro atoms. The van der Waals surface area contributed by atoms with E-state index in [2.05, 4.69) is 15.5 Å². The molecule has 3 rings (SSSR count). The Hall–Kier alpha value is -2.85. The highest BCUT2D eigenvalue weighted by molar-refractivity contribution is 7.98. The van der Waals surface area contributed by atoms with Gasteiger partial charge in [0.2, 0.25) is 0 Å². The van der Waals surface area contributed by atoms with Gasteiger partial charge in [-0.1, -0.05) is 11.6 Å². The van der Waals surface area contributed by atoms with E-state index in [4.69, 9.17) is 16.3 Å². The monoisotopic (exact) mass is 471 g/mol. The SMILES string of the molecule is CSc1cc(NC(=O)c2cc(Cl)c(C(F)(F)F)cc2Oc2ccc(F)cc2C)cnn1. The summed E-state index contributed by atoms with van der Waals surface area (Å²) in [7, 11) is 0. The minimum Gasteiger partial charge on any atom is -0.456 e. The number of halogens is 5. The highest BCUT2D eigenvalue weighted by Gasteiger charge is 2.35. The van der Waals surface area contributed by atoms with Crippen LogP contribution >= 0.6 is 23.4 Å². The second-order valence-electron chi connectivity index (χ2n) is 6.28. The number of ether oxygens (including phenoxy) is 1. The number of hydrogen-bond donors (Lipinski definition) is 1. The van der Waals surface area contributed by atoms with Crippen LogP contribution in [0.3, 0.4) is 0 Å². The average molecular weight is 472 g/mol. The molecule has 0 saturated carbocycles. The van der Waals surface area contributed by atoms with Gasteiger partial charge in [-0.2, -0.15) is 18.3 Å². The summed E-state index contributed by atoms with van der Waals surface area (Å²) in [5.74, 6) is -1.62. The van der Waals surface area contributed by atoms with Gasteiger partial charge in [-0.15, -0.1) is 16.9 Å². The minimum absolute atomic E-state index is 0.0844. The number of anilines is 1. The number of nitrogens with one attached hydrogen (secondary N) is 1. The maximum Gasteiger partial charge on any atom is 0.417 e. The van der Waals surface area contributed by atoms with Crippen molar-refractivity contribution in [3.8, 4) is 11.5 Å². The lowest BCUT2D eigenvalue weighted by atomic mass is 10.1. The van der Waals surface area contributed by atoms with E-state index in [-0.39, 0.29) is 17.0 Å². The summed E-state index contributed by atoms with van der Waals surface area (Å²) < 4.78 is 59.0. The molecule has 1 amide bonds. The van der Waals surface area contributed by atoms with Crippen molar-refractivity contribution in [3.05, 3.63) is 70.1 Å². The van der Waals surface area contributed by atoms with Crippen LogP contribution in [0.2, 0.25) is 5.02 Å². The molecule has 0 aliphatic rings. The fraction of sp³-hybridized carbons (Fsp3) is 0.150. The number of hydrogen-bond acceptors (Lipinski definition) is 5. The Kier molecular flexibility index (Phi) is 6.71. The lowest BCUT2D eigenvalue weighted by Crippen LogP contribution is -2.15. The van der Waals surface area contributed by atoms with Gasteiger partial charge in [0.05, 0.1) is 28.0 Å². The van der Waals surface area contributed by atoms with Crippen LogP contribution in [0.5, 0.6) is 11.5 Å². The van der Waals surface area contributed by atoms with E-state index >= 15 is 0 Å². The average Bonchev–Trinajstić information content (AvgIpc) is 2.70. The van der Waals surface area contributed by atoms with Gasteiger partial charge in [0.15, 0.2) is 0 Å². The minimum atomic E-state index is -4.77. The fourth-order valence-corrected chi connectivity index (χ4v) is 3.24. The van der Waals surface area contributed by atoms with Gasteiger partial charge in [0.1, 0.15) is 22.3 Å². The van der Waals surface area contributed by atoms with Crippen molar-refractivity contribution >= 4 is 35.0 Å². The predicted molar refractivity (Wildman–Crippen MR) is 109 cm³/mol. The Morgan fingerprint density at radius 2 is 1.90 bits per heavy atom. The Balaban J connectivity index is 2.04. The van der Waals surface area contributed by atoms with Crippen LogP contribution in [0.1, 0.15) is 21.5 Å². The van der Waals surface area contributed by atoms with Crippen molar-refractivity contribution in [2.45, 2.75) is 18.1 Å². The van der Waals surface area contributed by atoms with Gasteiger partial charge >= 0.3 is 6.18 Å². The first-order chi connectivity index (χ1) is 14.6. The Morgan fingerprint density at radius 3 is 2.55 bits per heavy atom. The molecule has 162 valence electrons. The van der Waals surface area contributed by atoms with E-state index in [1.807, 2.05) is 0 Å². The third-order valence-electron chi connectivity index (χ3n) is 4.08. The zero-order chi connectivity index (χ0) is 22.8. The van der Waals surface area contributed by atoms with Crippen molar-refractivity contribution in [2.75, 3.05) is 11.6 Å². The van der Waals surface area contributed by atoms with Gasteiger partial charge < -0.3 is 10.1 Å². The van der Waals surface area contributed by atoms with Gasteiger partial charge in [-0.05, 0) is 55.1 Å². The van der Waals surface area contributed by atoms with Crippen molar-refractivity contribution in [2.24, 2.45) is 0 Å². The number of alkyl halides is 3. The van der Waals surface area contributed by atoms with Crippen LogP contribution in [-0.4, -0.2) is 22.4 Å². The molecular weight excluding hydrogens is 458 g/mol. The van der Waals surface area contributed by atoms with E-state index in [9.17, 15) is 22.4 Å². The number of carbonyl (C=O) groups excluding carboxylic acids is 1. The number of nitrogens with zero attached hydrogens (tertiary/aromatic N) is 2. The smallest absolute Gasteiger partial charge is 0.417 e. The molecule has 1 aromatic heterocycles. The first-order valence-corrected chi connectivity index (χ1v) is 10.2. The Morgan fingerprint density at radius 1 is 1.16 bits per heavy atom. The highest BCUT2D eigenvalue weighted by atomic mass is 35.5. The topological polar surface area (TPSA) is 64.1 Å². The molecule has 0 aliphatic carbocycles. The summed E-state index contributed by atoms with van der Waals surface area (Å²) in [5, 5.41) is 9.98. The number of rotatable bonds is 5. The predicted octanol–water partition coefficient (Wildman–Crippen LogP) is 6.36. The lowest BCUT2D eigenvalue weighted by Gasteiger charge is -2.17. The summed E-state index contributed by atoms with van der Waals surface area (Å²) in [4.78, 5) is 12.8. The second-order valence-corrected chi connectivity index (χ2v) is 7.51. The molecule has 3 aromatic rings. The number of aromatic nitrogens is 2. The third-order valence-corrected chi connectivity index (χ3v) is 5.01. The Bertz CT molecular complexity index is 1140. The zero-order valence-corrected chi connectivity index (χ0v) is 17.6. The molecule has 2 aromatic carbocycles. The first kappa shape index (κ1) is 22.8. The molecule has 0 atom stereocenters. The van der Waals surface area contributed by atoms with Crippen molar-refractivity contribution in [3.63, 3.8) is 0 Å². The second kappa shape index (κ2) is 9.11. The maximum atomic E-state index is 13.4. The summed E-state index contributed by atoms with van der Waals surface area (Å²) in [6, 6.07) is 6.56. The third kappa shape index (κ3) is 5.45. The maximum absolute atomic E-state index is 13.4. The molecule has 1 heterocycles. The molecule has 0 aliphatic heterocycles. The lowest BCUT2D eigenvalue weighted by molar-refractivity contribution is -0.137. The fourth-order valence-electron chi connectivity index (χ4n) is 2.59. The number of carbonyl (C=O) groups is 1. The van der Waals surface area contributed by atoms with Crippen LogP contribution in [0.15, 0.2) is 47.6 Å². The summed E-state index contributed by atoms with van der Waals surface area (Å²) in [5.41, 5.74) is -0.804. The van der Waals surface area contributed by atoms with E-state index in [0.717, 1.165) is 18.2 Å². The molecule has 0 bridgehead atoms. The van der Waals surface area contributed by atoms with Crippen molar-refractivity contribution in [1.82, 2.24) is 10.2 Å². The molecule has 0 unspecified atom stereocenters. The number of aryl methyl sites for hydroxylation is 1. The Labute approximate surface area is 183 Å².